The van der Waals surface area contributed by atoms with Crippen molar-refractivity contribution in [2.45, 2.75) is 19.6 Å². The molecular weight excluding hydrogens is 419 g/mol. The molecule has 150 valence electrons. The highest BCUT2D eigenvalue weighted by Crippen LogP contribution is 2.24. The van der Waals surface area contributed by atoms with Crippen LogP contribution in [-0.2, 0) is 19.1 Å². The number of amides is 1. The monoisotopic (exact) mass is 434 g/mol. The Hall–Kier alpha value is -3.03. The molecule has 2 aromatic carbocycles. The van der Waals surface area contributed by atoms with Crippen molar-refractivity contribution < 1.29 is 23.9 Å². The Morgan fingerprint density at radius 3 is 2.14 bits per heavy atom. The van der Waals surface area contributed by atoms with Gasteiger partial charge in [0.2, 0.25) is 0 Å². The normalized spacial score (nSPS) is 15.2. The molecule has 0 aliphatic carbocycles. The fourth-order valence-corrected chi connectivity index (χ4v) is 2.95. The fraction of sp³-hybridized carbons (Fsp3) is 0.150. The van der Waals surface area contributed by atoms with Crippen LogP contribution in [0.3, 0.4) is 0 Å². The molecule has 2 aromatic rings. The number of hydrogen-bond acceptors (Lipinski definition) is 6. The summed E-state index contributed by atoms with van der Waals surface area (Å²) in [6.45, 7) is 2.94. The van der Waals surface area contributed by atoms with Gasteiger partial charge in [0.05, 0.1) is 10.6 Å². The van der Waals surface area contributed by atoms with Gasteiger partial charge >= 0.3 is 11.9 Å². The highest BCUT2D eigenvalue weighted by Gasteiger charge is 2.38. The summed E-state index contributed by atoms with van der Waals surface area (Å²) in [7, 11) is 0. The second kappa shape index (κ2) is 8.14. The van der Waals surface area contributed by atoms with Gasteiger partial charge < -0.3 is 20.1 Å². The van der Waals surface area contributed by atoms with E-state index in [4.69, 9.17) is 32.7 Å². The van der Waals surface area contributed by atoms with E-state index in [-0.39, 0.29) is 16.5 Å². The van der Waals surface area contributed by atoms with E-state index in [1.807, 2.05) is 0 Å². The summed E-state index contributed by atoms with van der Waals surface area (Å²) in [6.07, 6.45) is 1.21. The van der Waals surface area contributed by atoms with Crippen molar-refractivity contribution in [2.24, 2.45) is 0 Å². The molecule has 0 radical (unpaired) electrons. The van der Waals surface area contributed by atoms with E-state index < -0.39 is 17.7 Å². The van der Waals surface area contributed by atoms with Gasteiger partial charge in [-0.3, -0.25) is 4.79 Å². The van der Waals surface area contributed by atoms with E-state index in [9.17, 15) is 14.4 Å². The van der Waals surface area contributed by atoms with Crippen LogP contribution >= 0.6 is 23.2 Å². The Morgan fingerprint density at radius 2 is 1.55 bits per heavy atom. The third kappa shape index (κ3) is 5.07. The zero-order valence-corrected chi connectivity index (χ0v) is 16.9. The number of ether oxygens (including phenoxy) is 2. The molecule has 7 nitrogen and oxygen atoms in total. The molecule has 1 heterocycles. The lowest BCUT2D eigenvalue weighted by molar-refractivity contribution is -0.222. The maximum absolute atomic E-state index is 12.3. The molecule has 1 fully saturated rings. The minimum atomic E-state index is -1.29. The average Bonchev–Trinajstić information content (AvgIpc) is 2.61. The Kier molecular flexibility index (Phi) is 5.81. The number of anilines is 2. The summed E-state index contributed by atoms with van der Waals surface area (Å²) >= 11 is 11.9. The molecule has 1 aliphatic heterocycles. The van der Waals surface area contributed by atoms with Crippen molar-refractivity contribution in [1.82, 2.24) is 0 Å². The van der Waals surface area contributed by atoms with Crippen molar-refractivity contribution >= 4 is 52.4 Å². The van der Waals surface area contributed by atoms with Gasteiger partial charge in [0.15, 0.2) is 5.57 Å². The standard InChI is InChI=1S/C20H16Cl2N2O5/c1-20(2)28-18(26)15(19(27)29-20)10-23-12-4-6-13(7-5-12)24-17(25)14-8-3-11(21)9-16(14)22/h3-10,23H,1-2H3,(H,24,25). The topological polar surface area (TPSA) is 93.7 Å². The van der Waals surface area contributed by atoms with Crippen LogP contribution in [0.4, 0.5) is 11.4 Å². The number of nitrogens with one attached hydrogen (secondary N) is 2. The lowest BCUT2D eigenvalue weighted by Crippen LogP contribution is -2.42. The van der Waals surface area contributed by atoms with E-state index in [1.165, 1.54) is 32.2 Å². The summed E-state index contributed by atoms with van der Waals surface area (Å²) in [4.78, 5) is 36.1. The predicted molar refractivity (Wildman–Crippen MR) is 109 cm³/mol. The second-order valence-electron chi connectivity index (χ2n) is 6.54. The van der Waals surface area contributed by atoms with E-state index in [2.05, 4.69) is 10.6 Å². The van der Waals surface area contributed by atoms with Gasteiger partial charge in [-0.05, 0) is 42.5 Å². The maximum atomic E-state index is 12.3. The first-order chi connectivity index (χ1) is 13.6. The molecule has 3 rings (SSSR count). The lowest BCUT2D eigenvalue weighted by atomic mass is 10.2. The predicted octanol–water partition coefficient (Wildman–Crippen LogP) is 4.38. The SMILES string of the molecule is CC1(C)OC(=O)C(=CNc2ccc(NC(=O)c3ccc(Cl)cc3Cl)cc2)C(=O)O1. The first-order valence-electron chi connectivity index (χ1n) is 8.44. The zero-order valence-electron chi connectivity index (χ0n) is 15.4. The first-order valence-corrected chi connectivity index (χ1v) is 9.20. The lowest BCUT2D eigenvalue weighted by Gasteiger charge is -2.29. The number of rotatable bonds is 4. The van der Waals surface area contributed by atoms with Gasteiger partial charge in [-0.2, -0.15) is 0 Å². The van der Waals surface area contributed by atoms with Crippen LogP contribution in [0.25, 0.3) is 0 Å². The average molecular weight is 435 g/mol. The summed E-state index contributed by atoms with van der Waals surface area (Å²) in [5.74, 6) is -3.23. The Labute approximate surface area is 176 Å². The Bertz CT molecular complexity index is 994. The molecule has 1 saturated heterocycles. The molecule has 0 unspecified atom stereocenters. The zero-order chi connectivity index (χ0) is 21.2. The van der Waals surface area contributed by atoms with E-state index in [1.54, 1.807) is 30.3 Å². The Morgan fingerprint density at radius 1 is 0.966 bits per heavy atom. The molecule has 29 heavy (non-hydrogen) atoms. The molecular formula is C20H16Cl2N2O5. The van der Waals surface area contributed by atoms with Gasteiger partial charge in [-0.1, -0.05) is 23.2 Å². The Balaban J connectivity index is 1.65. The first kappa shape index (κ1) is 20.7. The highest BCUT2D eigenvalue weighted by molar-refractivity contribution is 6.37. The number of cyclic esters (lactones) is 2. The minimum absolute atomic E-state index is 0.245. The molecule has 1 amide bonds. The maximum Gasteiger partial charge on any atom is 0.350 e. The second-order valence-corrected chi connectivity index (χ2v) is 7.38. The number of benzene rings is 2. The van der Waals surface area contributed by atoms with Crippen LogP contribution < -0.4 is 10.6 Å². The third-order valence-electron chi connectivity index (χ3n) is 3.82. The van der Waals surface area contributed by atoms with Crippen LogP contribution in [0.15, 0.2) is 54.2 Å². The molecule has 0 atom stereocenters. The third-order valence-corrected chi connectivity index (χ3v) is 4.37. The largest absolute Gasteiger partial charge is 0.419 e. The summed E-state index contributed by atoms with van der Waals surface area (Å²) in [5.41, 5.74) is 1.14. The van der Waals surface area contributed by atoms with Crippen LogP contribution in [-0.4, -0.2) is 23.6 Å². The number of carbonyl (C=O) groups is 3. The van der Waals surface area contributed by atoms with Crippen molar-refractivity contribution in [3.05, 3.63) is 69.8 Å². The molecule has 0 spiro atoms. The van der Waals surface area contributed by atoms with Gasteiger partial charge in [-0.15, -0.1) is 0 Å². The van der Waals surface area contributed by atoms with Crippen molar-refractivity contribution in [3.8, 4) is 0 Å². The molecule has 0 aromatic heterocycles. The smallest absolute Gasteiger partial charge is 0.350 e. The number of hydrogen-bond donors (Lipinski definition) is 2. The van der Waals surface area contributed by atoms with E-state index in [0.29, 0.717) is 22.0 Å². The summed E-state index contributed by atoms with van der Waals surface area (Å²) in [5, 5.41) is 6.21. The highest BCUT2D eigenvalue weighted by atomic mass is 35.5. The van der Waals surface area contributed by atoms with Crippen LogP contribution in [0.2, 0.25) is 10.0 Å². The van der Waals surface area contributed by atoms with Crippen molar-refractivity contribution in [2.75, 3.05) is 10.6 Å². The molecule has 0 saturated carbocycles. The molecule has 9 heteroatoms. The van der Waals surface area contributed by atoms with Crippen molar-refractivity contribution in [1.29, 1.82) is 0 Å². The fourth-order valence-electron chi connectivity index (χ4n) is 2.46. The van der Waals surface area contributed by atoms with Crippen LogP contribution in [0, 0.1) is 0 Å². The van der Waals surface area contributed by atoms with Gasteiger partial charge in [0, 0.05) is 36.4 Å². The summed E-state index contributed by atoms with van der Waals surface area (Å²) < 4.78 is 10.0. The van der Waals surface area contributed by atoms with Gasteiger partial charge in [0.1, 0.15) is 0 Å². The van der Waals surface area contributed by atoms with Crippen LogP contribution in [0.5, 0.6) is 0 Å². The van der Waals surface area contributed by atoms with E-state index >= 15 is 0 Å². The van der Waals surface area contributed by atoms with E-state index in [0.717, 1.165) is 0 Å². The molecule has 0 bridgehead atoms. The van der Waals surface area contributed by atoms with Crippen LogP contribution in [0.1, 0.15) is 24.2 Å². The van der Waals surface area contributed by atoms with Gasteiger partial charge in [-0.25, -0.2) is 9.59 Å². The minimum Gasteiger partial charge on any atom is -0.419 e. The van der Waals surface area contributed by atoms with Gasteiger partial charge in [0.25, 0.3) is 11.7 Å². The van der Waals surface area contributed by atoms with Crippen molar-refractivity contribution in [3.63, 3.8) is 0 Å². The quantitative estimate of drug-likeness (QED) is 0.421. The molecule has 2 N–H and O–H groups in total. The number of esters is 2. The molecule has 1 aliphatic rings. The summed E-state index contributed by atoms with van der Waals surface area (Å²) in [6, 6.07) is 11.2. The number of halogens is 2. The number of carbonyl (C=O) groups excluding carboxylic acids is 3.